The zero-order valence-electron chi connectivity index (χ0n) is 8.73. The summed E-state index contributed by atoms with van der Waals surface area (Å²) in [5, 5.41) is 3.24. The summed E-state index contributed by atoms with van der Waals surface area (Å²) in [7, 11) is 0. The van der Waals surface area contributed by atoms with Gasteiger partial charge in [0.25, 0.3) is 0 Å². The molecule has 1 heterocycles. The highest BCUT2D eigenvalue weighted by Gasteiger charge is 2.31. The third kappa shape index (κ3) is 2.46. The molecule has 2 atom stereocenters. The van der Waals surface area contributed by atoms with Gasteiger partial charge >= 0.3 is 0 Å². The Labute approximate surface area is 88.9 Å². The van der Waals surface area contributed by atoms with Gasteiger partial charge in [0.2, 0.25) is 5.91 Å². The van der Waals surface area contributed by atoms with Gasteiger partial charge in [0.1, 0.15) is 5.82 Å². The average Bonchev–Trinajstić information content (AvgIpc) is 2.92. The number of nitrogens with two attached hydrogens (primary N) is 1. The maximum atomic E-state index is 10.8. The number of pyridine rings is 1. The minimum atomic E-state index is -0.440. The van der Waals surface area contributed by atoms with Crippen molar-refractivity contribution in [3.8, 4) is 0 Å². The topological polar surface area (TPSA) is 68.0 Å². The second-order valence-corrected chi connectivity index (χ2v) is 4.15. The molecule has 4 nitrogen and oxygen atoms in total. The minimum Gasteiger partial charge on any atom is -0.370 e. The molecule has 3 N–H and O–H groups in total. The van der Waals surface area contributed by atoms with E-state index in [-0.39, 0.29) is 0 Å². The lowest BCUT2D eigenvalue weighted by Crippen LogP contribution is -2.12. The highest BCUT2D eigenvalue weighted by Crippen LogP contribution is 2.37. The van der Waals surface area contributed by atoms with Crippen LogP contribution >= 0.6 is 0 Å². The maximum Gasteiger partial charge on any atom is 0.250 e. The molecule has 0 bridgehead atoms. The van der Waals surface area contributed by atoms with Gasteiger partial charge in [-0.15, -0.1) is 0 Å². The van der Waals surface area contributed by atoms with Crippen LogP contribution in [0.2, 0.25) is 0 Å². The number of nitrogens with one attached hydrogen (secondary N) is 1. The van der Waals surface area contributed by atoms with Gasteiger partial charge in [-0.3, -0.25) is 4.79 Å². The van der Waals surface area contributed by atoms with Gasteiger partial charge in [0, 0.05) is 12.7 Å². The number of hydrogen-bond acceptors (Lipinski definition) is 3. The van der Waals surface area contributed by atoms with Crippen LogP contribution < -0.4 is 11.1 Å². The number of hydrogen-bond donors (Lipinski definition) is 2. The third-order valence-corrected chi connectivity index (χ3v) is 2.87. The largest absolute Gasteiger partial charge is 0.370 e. The Morgan fingerprint density at radius 2 is 2.40 bits per heavy atom. The van der Waals surface area contributed by atoms with Gasteiger partial charge in [0.15, 0.2) is 0 Å². The summed E-state index contributed by atoms with van der Waals surface area (Å²) in [6.07, 6.45) is 2.80. The molecule has 0 radical (unpaired) electrons. The molecule has 15 heavy (non-hydrogen) atoms. The van der Waals surface area contributed by atoms with Crippen LogP contribution in [0, 0.1) is 11.8 Å². The lowest BCUT2D eigenvalue weighted by atomic mass is 10.2. The fourth-order valence-electron chi connectivity index (χ4n) is 1.56. The lowest BCUT2D eigenvalue weighted by Gasteiger charge is -2.04. The number of aromatic nitrogens is 1. The smallest absolute Gasteiger partial charge is 0.250 e. The molecule has 0 saturated heterocycles. The van der Waals surface area contributed by atoms with Gasteiger partial charge in [0.05, 0.1) is 5.56 Å². The Hall–Kier alpha value is -1.58. The molecule has 1 amide bonds. The number of rotatable bonds is 4. The predicted octanol–water partition coefficient (Wildman–Crippen LogP) is 1.25. The SMILES string of the molecule is CC1CC1CNc1ccc(C(N)=O)cn1. The molecule has 4 heteroatoms. The van der Waals surface area contributed by atoms with Gasteiger partial charge in [-0.1, -0.05) is 6.92 Å². The number of amides is 1. The van der Waals surface area contributed by atoms with Crippen molar-refractivity contribution >= 4 is 11.7 Å². The van der Waals surface area contributed by atoms with E-state index < -0.39 is 5.91 Å². The van der Waals surface area contributed by atoms with Crippen molar-refractivity contribution in [1.82, 2.24) is 4.98 Å². The molecule has 80 valence electrons. The Morgan fingerprint density at radius 1 is 1.67 bits per heavy atom. The minimum absolute atomic E-state index is 0.440. The Morgan fingerprint density at radius 3 is 2.87 bits per heavy atom. The first-order valence-electron chi connectivity index (χ1n) is 5.16. The summed E-state index contributed by atoms with van der Waals surface area (Å²) >= 11 is 0. The van der Waals surface area contributed by atoms with Crippen molar-refractivity contribution in [1.29, 1.82) is 0 Å². The van der Waals surface area contributed by atoms with E-state index in [0.29, 0.717) is 5.56 Å². The quantitative estimate of drug-likeness (QED) is 0.777. The van der Waals surface area contributed by atoms with Crippen LogP contribution in [0.5, 0.6) is 0 Å². The summed E-state index contributed by atoms with van der Waals surface area (Å²) in [6, 6.07) is 3.47. The zero-order chi connectivity index (χ0) is 10.8. The Kier molecular flexibility index (Phi) is 2.58. The second-order valence-electron chi connectivity index (χ2n) is 4.15. The van der Waals surface area contributed by atoms with Crippen LogP contribution in [0.25, 0.3) is 0 Å². The number of nitrogens with zero attached hydrogens (tertiary/aromatic N) is 1. The van der Waals surface area contributed by atoms with Crippen LogP contribution in [0.15, 0.2) is 18.3 Å². The van der Waals surface area contributed by atoms with Crippen LogP contribution in [0.4, 0.5) is 5.82 Å². The van der Waals surface area contributed by atoms with Gasteiger partial charge in [-0.05, 0) is 30.4 Å². The van der Waals surface area contributed by atoms with Crippen molar-refractivity contribution < 1.29 is 4.79 Å². The second kappa shape index (κ2) is 3.88. The van der Waals surface area contributed by atoms with Crippen molar-refractivity contribution in [3.05, 3.63) is 23.9 Å². The van der Waals surface area contributed by atoms with E-state index in [9.17, 15) is 4.79 Å². The number of anilines is 1. The molecule has 0 spiro atoms. The first kappa shape index (κ1) is 9.96. The number of primary amides is 1. The van der Waals surface area contributed by atoms with E-state index >= 15 is 0 Å². The predicted molar refractivity (Wildman–Crippen MR) is 58.5 cm³/mol. The highest BCUT2D eigenvalue weighted by molar-refractivity contribution is 5.92. The van der Waals surface area contributed by atoms with E-state index in [1.165, 1.54) is 12.6 Å². The molecular weight excluding hydrogens is 190 g/mol. The van der Waals surface area contributed by atoms with E-state index in [1.807, 2.05) is 0 Å². The van der Waals surface area contributed by atoms with Crippen molar-refractivity contribution in [2.45, 2.75) is 13.3 Å². The molecule has 2 unspecified atom stereocenters. The zero-order valence-corrected chi connectivity index (χ0v) is 8.73. The summed E-state index contributed by atoms with van der Waals surface area (Å²) in [4.78, 5) is 14.9. The van der Waals surface area contributed by atoms with Crippen molar-refractivity contribution in [2.75, 3.05) is 11.9 Å². The monoisotopic (exact) mass is 205 g/mol. The van der Waals surface area contributed by atoms with Crippen LogP contribution in [0.3, 0.4) is 0 Å². The molecule has 1 fully saturated rings. The molecule has 1 aromatic heterocycles. The van der Waals surface area contributed by atoms with E-state index in [2.05, 4.69) is 17.2 Å². The van der Waals surface area contributed by atoms with E-state index in [4.69, 9.17) is 5.73 Å². The maximum absolute atomic E-state index is 10.8. The Balaban J connectivity index is 1.89. The molecule has 1 saturated carbocycles. The van der Waals surface area contributed by atoms with Gasteiger partial charge in [-0.25, -0.2) is 4.98 Å². The van der Waals surface area contributed by atoms with E-state index in [1.54, 1.807) is 12.1 Å². The summed E-state index contributed by atoms with van der Waals surface area (Å²) in [6.45, 7) is 3.21. The first-order valence-corrected chi connectivity index (χ1v) is 5.16. The average molecular weight is 205 g/mol. The normalized spacial score (nSPS) is 23.5. The fraction of sp³-hybridized carbons (Fsp3) is 0.455. The van der Waals surface area contributed by atoms with Crippen LogP contribution in [-0.2, 0) is 0 Å². The van der Waals surface area contributed by atoms with Crippen molar-refractivity contribution in [2.24, 2.45) is 17.6 Å². The highest BCUT2D eigenvalue weighted by atomic mass is 16.1. The Bertz CT molecular complexity index is 361. The lowest BCUT2D eigenvalue weighted by molar-refractivity contribution is 0.1000. The molecular formula is C11H15N3O. The van der Waals surface area contributed by atoms with Crippen LogP contribution in [-0.4, -0.2) is 17.4 Å². The van der Waals surface area contributed by atoms with Gasteiger partial charge < -0.3 is 11.1 Å². The summed E-state index contributed by atoms with van der Waals surface area (Å²) < 4.78 is 0. The molecule has 1 aromatic rings. The number of carbonyl (C=O) groups is 1. The molecule has 1 aliphatic rings. The third-order valence-electron chi connectivity index (χ3n) is 2.87. The molecule has 0 aliphatic heterocycles. The van der Waals surface area contributed by atoms with Crippen LogP contribution in [0.1, 0.15) is 23.7 Å². The first-order chi connectivity index (χ1) is 7.16. The standard InChI is InChI=1S/C11H15N3O/c1-7-4-9(7)6-14-10-3-2-8(5-13-10)11(12)15/h2-3,5,7,9H,4,6H2,1H3,(H2,12,15)(H,13,14). The number of carbonyl (C=O) groups excluding carboxylic acids is 1. The summed E-state index contributed by atoms with van der Waals surface area (Å²) in [5.41, 5.74) is 5.56. The van der Waals surface area contributed by atoms with E-state index in [0.717, 1.165) is 24.2 Å². The molecule has 1 aliphatic carbocycles. The molecule has 2 rings (SSSR count). The molecule has 0 aromatic carbocycles. The van der Waals surface area contributed by atoms with Crippen molar-refractivity contribution in [3.63, 3.8) is 0 Å². The van der Waals surface area contributed by atoms with Gasteiger partial charge in [-0.2, -0.15) is 0 Å². The summed E-state index contributed by atoms with van der Waals surface area (Å²) in [5.74, 6) is 1.98. The fourth-order valence-corrected chi connectivity index (χ4v) is 1.56.